The topological polar surface area (TPSA) is 88.4 Å². The van der Waals surface area contributed by atoms with E-state index in [4.69, 9.17) is 14.6 Å². The number of carbonyl (C=O) groups is 1. The fraction of sp³-hybridized carbons (Fsp3) is 0.273. The summed E-state index contributed by atoms with van der Waals surface area (Å²) >= 11 is 1.48. The zero-order valence-electron chi connectivity index (χ0n) is 17.1. The molecule has 1 atom stereocenters. The molecule has 8 nitrogen and oxygen atoms in total. The molecule has 0 fully saturated rings. The second-order valence-corrected chi connectivity index (χ2v) is 8.38. The van der Waals surface area contributed by atoms with Crippen molar-refractivity contribution in [3.63, 3.8) is 0 Å². The first-order chi connectivity index (χ1) is 15.1. The Morgan fingerprint density at radius 1 is 1.26 bits per heavy atom. The van der Waals surface area contributed by atoms with Crippen molar-refractivity contribution in [2.24, 2.45) is 0 Å². The zero-order chi connectivity index (χ0) is 21.5. The summed E-state index contributed by atoms with van der Waals surface area (Å²) in [4.78, 5) is 30.6. The number of hydrogen-bond acceptors (Lipinski definition) is 6. The number of benzene rings is 2. The minimum absolute atomic E-state index is 0.155. The van der Waals surface area contributed by atoms with E-state index in [1.54, 1.807) is 9.58 Å². The van der Waals surface area contributed by atoms with Gasteiger partial charge in [-0.1, -0.05) is 30.8 Å². The number of anilines is 1. The first-order valence-corrected chi connectivity index (χ1v) is 11.0. The van der Waals surface area contributed by atoms with E-state index >= 15 is 0 Å². The predicted molar refractivity (Wildman–Crippen MR) is 115 cm³/mol. The summed E-state index contributed by atoms with van der Waals surface area (Å²) in [6.07, 6.45) is 0.310. The third-order valence-corrected chi connectivity index (χ3v) is 6.30. The van der Waals surface area contributed by atoms with Gasteiger partial charge in [0.1, 0.15) is 0 Å². The number of aromatic amines is 1. The lowest BCUT2D eigenvalue weighted by Crippen LogP contribution is -2.60. The molecule has 1 N–H and O–H groups in total. The number of H-pyrrole nitrogens is 1. The van der Waals surface area contributed by atoms with Gasteiger partial charge in [0, 0.05) is 23.3 Å². The molecule has 2 aliphatic heterocycles. The van der Waals surface area contributed by atoms with Gasteiger partial charge in [-0.25, -0.2) is 4.90 Å². The molecule has 2 aliphatic rings. The van der Waals surface area contributed by atoms with E-state index < -0.39 is 6.17 Å². The van der Waals surface area contributed by atoms with Crippen LogP contribution in [0.5, 0.6) is 11.5 Å². The van der Waals surface area contributed by atoms with Gasteiger partial charge < -0.3 is 9.47 Å². The van der Waals surface area contributed by atoms with Crippen LogP contribution >= 0.6 is 11.8 Å². The first-order valence-electron chi connectivity index (χ1n) is 10.1. The van der Waals surface area contributed by atoms with Crippen molar-refractivity contribution in [2.45, 2.75) is 31.6 Å². The van der Waals surface area contributed by atoms with E-state index in [2.05, 4.69) is 11.9 Å². The highest BCUT2D eigenvalue weighted by atomic mass is 32.2. The second-order valence-electron chi connectivity index (χ2n) is 7.29. The molecule has 0 spiro atoms. The van der Waals surface area contributed by atoms with Crippen LogP contribution in [0.3, 0.4) is 0 Å². The lowest BCUT2D eigenvalue weighted by molar-refractivity contribution is -0.763. The molecule has 2 aromatic carbocycles. The van der Waals surface area contributed by atoms with Crippen LogP contribution in [0.25, 0.3) is 11.3 Å². The summed E-state index contributed by atoms with van der Waals surface area (Å²) in [5.74, 6) is 1.92. The number of carbonyl (C=O) groups excluding carboxylic acids is 1. The number of fused-ring (bicyclic) bond motifs is 4. The number of nitrogens with one attached hydrogen (secondary N) is 1. The number of hydrogen-bond donors (Lipinski definition) is 1. The lowest BCUT2D eigenvalue weighted by atomic mass is 10.0. The van der Waals surface area contributed by atoms with Crippen molar-refractivity contribution in [3.05, 3.63) is 58.4 Å². The van der Waals surface area contributed by atoms with Crippen molar-refractivity contribution in [2.75, 3.05) is 17.4 Å². The van der Waals surface area contributed by atoms with Crippen LogP contribution in [0.4, 0.5) is 5.69 Å². The summed E-state index contributed by atoms with van der Waals surface area (Å²) in [5.41, 5.74) is 2.27. The van der Waals surface area contributed by atoms with Crippen molar-refractivity contribution in [1.29, 1.82) is 0 Å². The van der Waals surface area contributed by atoms with E-state index in [-0.39, 0.29) is 18.3 Å². The maximum absolute atomic E-state index is 13.2. The van der Waals surface area contributed by atoms with Crippen LogP contribution in [-0.4, -0.2) is 28.5 Å². The minimum Gasteiger partial charge on any atom is -0.454 e. The molecule has 1 amide bonds. The van der Waals surface area contributed by atoms with Crippen LogP contribution < -0.4 is 24.6 Å². The van der Waals surface area contributed by atoms with Gasteiger partial charge in [-0.05, 0) is 41.4 Å². The Labute approximate surface area is 182 Å². The van der Waals surface area contributed by atoms with Gasteiger partial charge in [0.05, 0.1) is 11.3 Å². The number of rotatable bonds is 4. The first kappa shape index (κ1) is 19.6. The highest BCUT2D eigenvalue weighted by molar-refractivity contribution is 7.99. The Morgan fingerprint density at radius 3 is 2.87 bits per heavy atom. The SMILES string of the molecule is CCCSc1n[n+]2c(c(=O)[nH]1)-c1ccccc1N(C(C)=O)C2c1ccc2c(c1)OCO2. The minimum atomic E-state index is -0.639. The molecule has 5 rings (SSSR count). The zero-order valence-corrected chi connectivity index (χ0v) is 17.9. The molecule has 1 aromatic heterocycles. The summed E-state index contributed by atoms with van der Waals surface area (Å²) < 4.78 is 12.6. The second kappa shape index (κ2) is 7.73. The third kappa shape index (κ3) is 3.25. The lowest BCUT2D eigenvalue weighted by Gasteiger charge is -2.31. The van der Waals surface area contributed by atoms with Gasteiger partial charge in [0.15, 0.2) is 11.5 Å². The highest BCUT2D eigenvalue weighted by Crippen LogP contribution is 2.40. The Morgan fingerprint density at radius 2 is 2.06 bits per heavy atom. The van der Waals surface area contributed by atoms with Gasteiger partial charge in [-0.15, -0.1) is 0 Å². The van der Waals surface area contributed by atoms with Crippen molar-refractivity contribution in [1.82, 2.24) is 10.1 Å². The number of aromatic nitrogens is 3. The number of para-hydroxylation sites is 1. The van der Waals surface area contributed by atoms with Crippen LogP contribution in [0.1, 0.15) is 32.0 Å². The Kier molecular flexibility index (Phi) is 4.90. The summed E-state index contributed by atoms with van der Waals surface area (Å²) in [6, 6.07) is 12.9. The molecular weight excluding hydrogens is 416 g/mol. The van der Waals surface area contributed by atoms with Gasteiger partial charge >= 0.3 is 11.3 Å². The van der Waals surface area contributed by atoms with Crippen molar-refractivity contribution in [3.8, 4) is 22.8 Å². The molecule has 1 unspecified atom stereocenters. The normalized spacial score (nSPS) is 16.1. The monoisotopic (exact) mass is 437 g/mol. The van der Waals surface area contributed by atoms with E-state index in [1.165, 1.54) is 18.7 Å². The summed E-state index contributed by atoms with van der Waals surface area (Å²) in [6.45, 7) is 3.74. The average Bonchev–Trinajstić information content (AvgIpc) is 3.24. The molecule has 0 aliphatic carbocycles. The molecule has 9 heteroatoms. The molecule has 0 saturated carbocycles. The molecule has 3 heterocycles. The summed E-state index contributed by atoms with van der Waals surface area (Å²) in [5, 5.41) is 5.27. The number of nitrogens with zero attached hydrogens (tertiary/aromatic N) is 3. The van der Waals surface area contributed by atoms with E-state index in [9.17, 15) is 9.59 Å². The van der Waals surface area contributed by atoms with Crippen molar-refractivity contribution < 1.29 is 19.0 Å². The Bertz CT molecular complexity index is 1240. The van der Waals surface area contributed by atoms with E-state index in [0.717, 1.165) is 17.7 Å². The number of ether oxygens (including phenoxy) is 2. The quantitative estimate of drug-likeness (QED) is 0.499. The van der Waals surface area contributed by atoms with Crippen LogP contribution in [-0.2, 0) is 4.79 Å². The Balaban J connectivity index is 1.77. The molecule has 0 saturated heterocycles. The number of thioether (sulfide) groups is 1. The van der Waals surface area contributed by atoms with Gasteiger partial charge in [0.2, 0.25) is 17.9 Å². The van der Waals surface area contributed by atoms with E-state index in [0.29, 0.717) is 33.6 Å². The Hall–Kier alpha value is -3.33. The smallest absolute Gasteiger partial charge is 0.325 e. The maximum Gasteiger partial charge on any atom is 0.325 e. The van der Waals surface area contributed by atoms with Gasteiger partial charge in [-0.3, -0.25) is 14.6 Å². The fourth-order valence-corrected chi connectivity index (χ4v) is 4.66. The van der Waals surface area contributed by atoms with Crippen LogP contribution in [0.15, 0.2) is 52.4 Å². The number of amides is 1. The predicted octanol–water partition coefficient (Wildman–Crippen LogP) is 2.87. The molecule has 31 heavy (non-hydrogen) atoms. The highest BCUT2D eigenvalue weighted by Gasteiger charge is 2.45. The van der Waals surface area contributed by atoms with E-state index in [1.807, 2.05) is 42.5 Å². The molecule has 0 radical (unpaired) electrons. The summed E-state index contributed by atoms with van der Waals surface area (Å²) in [7, 11) is 0. The standard InChI is InChI=1S/C22H20N4O4S/c1-3-10-31-22-23-20(28)19-15-6-4-5-7-16(15)25(13(2)27)21(26(19)24-22)14-8-9-17-18(11-14)30-12-29-17/h4-9,11,21H,3,10,12H2,1-2H3/p+1. The van der Waals surface area contributed by atoms with Gasteiger partial charge in [-0.2, -0.15) is 0 Å². The third-order valence-electron chi connectivity index (χ3n) is 5.24. The van der Waals surface area contributed by atoms with Crippen molar-refractivity contribution >= 4 is 23.4 Å². The molecule has 158 valence electrons. The van der Waals surface area contributed by atoms with Crippen LogP contribution in [0.2, 0.25) is 0 Å². The maximum atomic E-state index is 13.2. The fourth-order valence-electron chi connectivity index (χ4n) is 3.95. The molecule has 3 aromatic rings. The average molecular weight is 438 g/mol. The van der Waals surface area contributed by atoms with Gasteiger partial charge in [0.25, 0.3) is 6.17 Å². The largest absolute Gasteiger partial charge is 0.454 e. The van der Waals surface area contributed by atoms with Crippen LogP contribution in [0, 0.1) is 0 Å². The molecule has 0 bridgehead atoms. The molecular formula is C22H21N4O4S+.